The maximum Gasteiger partial charge on any atom is 0.0931 e. The van der Waals surface area contributed by atoms with E-state index >= 15 is 0 Å². The Morgan fingerprint density at radius 2 is 2.20 bits per heavy atom. The van der Waals surface area contributed by atoms with Crippen LogP contribution in [0.5, 0.6) is 0 Å². The third-order valence-electron chi connectivity index (χ3n) is 2.51. The van der Waals surface area contributed by atoms with Crippen LogP contribution in [0.3, 0.4) is 0 Å². The Morgan fingerprint density at radius 3 is 2.67 bits per heavy atom. The summed E-state index contributed by atoms with van der Waals surface area (Å²) in [6.45, 7) is 6.47. The van der Waals surface area contributed by atoms with Crippen molar-refractivity contribution in [2.24, 2.45) is 0 Å². The van der Waals surface area contributed by atoms with Crippen LogP contribution in [0.4, 0.5) is 0 Å². The van der Waals surface area contributed by atoms with Gasteiger partial charge in [0, 0.05) is 17.5 Å². The van der Waals surface area contributed by atoms with E-state index in [9.17, 15) is 5.11 Å². The molecule has 0 aliphatic carbocycles. The Labute approximate surface area is 100 Å². The summed E-state index contributed by atoms with van der Waals surface area (Å²) in [6, 6.07) is 4.05. The molecule has 0 saturated heterocycles. The van der Waals surface area contributed by atoms with Gasteiger partial charge in [0.15, 0.2) is 0 Å². The van der Waals surface area contributed by atoms with E-state index in [2.05, 4.69) is 5.32 Å². The summed E-state index contributed by atoms with van der Waals surface area (Å²) < 4.78 is 0.834. The Hall–Kier alpha value is -0.0900. The number of nitrogens with one attached hydrogen (secondary N) is 1. The van der Waals surface area contributed by atoms with E-state index in [4.69, 9.17) is 11.6 Å². The highest BCUT2D eigenvalue weighted by atomic mass is 35.5. The summed E-state index contributed by atoms with van der Waals surface area (Å²) in [5.41, 5.74) is -0.674. The van der Waals surface area contributed by atoms with Crippen molar-refractivity contribution in [2.75, 3.05) is 6.54 Å². The third kappa shape index (κ3) is 4.51. The van der Waals surface area contributed by atoms with Gasteiger partial charge in [-0.05, 0) is 39.3 Å². The second kappa shape index (κ2) is 5.30. The molecule has 0 amide bonds. The van der Waals surface area contributed by atoms with Gasteiger partial charge in [-0.15, -0.1) is 11.3 Å². The molecule has 0 aliphatic rings. The predicted molar refractivity (Wildman–Crippen MR) is 66.8 cm³/mol. The molecular weight excluding hydrogens is 230 g/mol. The van der Waals surface area contributed by atoms with Crippen molar-refractivity contribution in [2.45, 2.75) is 38.8 Å². The van der Waals surface area contributed by atoms with Crippen molar-refractivity contribution in [1.29, 1.82) is 0 Å². The van der Waals surface area contributed by atoms with Crippen molar-refractivity contribution >= 4 is 22.9 Å². The van der Waals surface area contributed by atoms with Crippen LogP contribution >= 0.6 is 22.9 Å². The Balaban J connectivity index is 2.28. The Bertz CT molecular complexity index is 306. The monoisotopic (exact) mass is 247 g/mol. The zero-order chi connectivity index (χ0) is 11.5. The van der Waals surface area contributed by atoms with E-state index in [1.54, 1.807) is 11.3 Å². The molecule has 1 rings (SSSR count). The molecule has 1 unspecified atom stereocenters. The SMILES string of the molecule is CC(NCCc1ccc(Cl)s1)C(C)(C)O. The van der Waals surface area contributed by atoms with Gasteiger partial charge in [-0.3, -0.25) is 0 Å². The lowest BCUT2D eigenvalue weighted by Gasteiger charge is -2.26. The second-order valence-corrected chi connectivity index (χ2v) is 6.08. The van der Waals surface area contributed by atoms with Crippen LogP contribution in [-0.4, -0.2) is 23.3 Å². The van der Waals surface area contributed by atoms with Gasteiger partial charge in [0.2, 0.25) is 0 Å². The average Bonchev–Trinajstić information content (AvgIpc) is 2.49. The third-order valence-corrected chi connectivity index (χ3v) is 3.80. The maximum atomic E-state index is 9.71. The fourth-order valence-corrected chi connectivity index (χ4v) is 2.23. The molecule has 1 atom stereocenters. The molecule has 1 aromatic rings. The average molecular weight is 248 g/mol. The van der Waals surface area contributed by atoms with E-state index in [1.165, 1.54) is 4.88 Å². The van der Waals surface area contributed by atoms with E-state index < -0.39 is 5.60 Å². The standard InChI is InChI=1S/C11H18ClNOS/c1-8(11(2,3)14)13-7-6-9-4-5-10(12)15-9/h4-5,8,13-14H,6-7H2,1-3H3. The lowest BCUT2D eigenvalue weighted by molar-refractivity contribution is 0.0446. The highest BCUT2D eigenvalue weighted by Gasteiger charge is 2.21. The van der Waals surface area contributed by atoms with Crippen molar-refractivity contribution in [1.82, 2.24) is 5.32 Å². The molecule has 0 saturated carbocycles. The van der Waals surface area contributed by atoms with Gasteiger partial charge in [0.1, 0.15) is 0 Å². The zero-order valence-electron chi connectivity index (χ0n) is 9.38. The first-order valence-corrected chi connectivity index (χ1v) is 6.29. The van der Waals surface area contributed by atoms with Crippen molar-refractivity contribution in [3.8, 4) is 0 Å². The zero-order valence-corrected chi connectivity index (χ0v) is 11.0. The van der Waals surface area contributed by atoms with E-state index in [0.717, 1.165) is 17.3 Å². The van der Waals surface area contributed by atoms with E-state index in [1.807, 2.05) is 32.9 Å². The summed E-state index contributed by atoms with van der Waals surface area (Å²) in [5, 5.41) is 13.0. The summed E-state index contributed by atoms with van der Waals surface area (Å²) in [5.74, 6) is 0. The summed E-state index contributed by atoms with van der Waals surface area (Å²) >= 11 is 7.44. The van der Waals surface area contributed by atoms with Gasteiger partial charge in [0.05, 0.1) is 9.94 Å². The number of hydrogen-bond donors (Lipinski definition) is 2. The molecule has 15 heavy (non-hydrogen) atoms. The van der Waals surface area contributed by atoms with Gasteiger partial charge < -0.3 is 10.4 Å². The minimum absolute atomic E-state index is 0.0907. The fourth-order valence-electron chi connectivity index (χ4n) is 1.15. The minimum Gasteiger partial charge on any atom is -0.389 e. The quantitative estimate of drug-likeness (QED) is 0.839. The number of halogens is 1. The van der Waals surface area contributed by atoms with Gasteiger partial charge in [-0.1, -0.05) is 11.6 Å². The smallest absolute Gasteiger partial charge is 0.0931 e. The summed E-state index contributed by atoms with van der Waals surface area (Å²) in [4.78, 5) is 1.27. The van der Waals surface area contributed by atoms with Crippen molar-refractivity contribution in [3.05, 3.63) is 21.3 Å². The molecule has 0 fully saturated rings. The van der Waals surface area contributed by atoms with Crippen LogP contribution in [0.25, 0.3) is 0 Å². The minimum atomic E-state index is -0.674. The van der Waals surface area contributed by atoms with Crippen LogP contribution < -0.4 is 5.32 Å². The molecule has 0 aromatic carbocycles. The van der Waals surface area contributed by atoms with Crippen LogP contribution in [0, 0.1) is 0 Å². The van der Waals surface area contributed by atoms with Crippen LogP contribution in [0.1, 0.15) is 25.6 Å². The summed E-state index contributed by atoms with van der Waals surface area (Å²) in [7, 11) is 0. The largest absolute Gasteiger partial charge is 0.389 e. The maximum absolute atomic E-state index is 9.71. The number of thiophene rings is 1. The first-order chi connectivity index (χ1) is 6.89. The molecule has 0 aliphatic heterocycles. The number of hydrogen-bond acceptors (Lipinski definition) is 3. The van der Waals surface area contributed by atoms with Crippen LogP contribution in [-0.2, 0) is 6.42 Å². The van der Waals surface area contributed by atoms with Gasteiger partial charge >= 0.3 is 0 Å². The predicted octanol–water partition coefficient (Wildman–Crippen LogP) is 2.69. The lowest BCUT2D eigenvalue weighted by Crippen LogP contribution is -2.45. The van der Waals surface area contributed by atoms with Crippen LogP contribution in [0.2, 0.25) is 4.34 Å². The molecule has 86 valence electrons. The number of aliphatic hydroxyl groups is 1. The first-order valence-electron chi connectivity index (χ1n) is 5.09. The first kappa shape index (κ1) is 13.0. The van der Waals surface area contributed by atoms with Gasteiger partial charge in [0.25, 0.3) is 0 Å². The Morgan fingerprint density at radius 1 is 1.53 bits per heavy atom. The molecule has 4 heteroatoms. The van der Waals surface area contributed by atoms with Crippen molar-refractivity contribution in [3.63, 3.8) is 0 Å². The highest BCUT2D eigenvalue weighted by Crippen LogP contribution is 2.21. The lowest BCUT2D eigenvalue weighted by atomic mass is 10.0. The van der Waals surface area contributed by atoms with Crippen LogP contribution in [0.15, 0.2) is 12.1 Å². The highest BCUT2D eigenvalue weighted by molar-refractivity contribution is 7.16. The number of rotatable bonds is 5. The van der Waals surface area contributed by atoms with E-state index in [-0.39, 0.29) is 6.04 Å². The molecule has 0 spiro atoms. The molecule has 0 radical (unpaired) electrons. The topological polar surface area (TPSA) is 32.3 Å². The second-order valence-electron chi connectivity index (χ2n) is 4.29. The van der Waals surface area contributed by atoms with Gasteiger partial charge in [-0.2, -0.15) is 0 Å². The molecule has 0 bridgehead atoms. The Kier molecular flexibility index (Phi) is 4.59. The summed E-state index contributed by atoms with van der Waals surface area (Å²) in [6.07, 6.45) is 0.956. The van der Waals surface area contributed by atoms with Crippen molar-refractivity contribution < 1.29 is 5.11 Å². The molecule has 1 heterocycles. The molecule has 2 nitrogen and oxygen atoms in total. The van der Waals surface area contributed by atoms with E-state index in [0.29, 0.717) is 0 Å². The normalized spacial score (nSPS) is 14.2. The molecule has 1 aromatic heterocycles. The molecule has 2 N–H and O–H groups in total. The fraction of sp³-hybridized carbons (Fsp3) is 0.636. The van der Waals surface area contributed by atoms with Gasteiger partial charge in [-0.25, -0.2) is 0 Å². The molecular formula is C11H18ClNOS.